The van der Waals surface area contributed by atoms with Gasteiger partial charge in [-0.15, -0.1) is 0 Å². The van der Waals surface area contributed by atoms with Gasteiger partial charge < -0.3 is 14.6 Å². The number of nitrogens with one attached hydrogen (secondary N) is 1. The highest BCUT2D eigenvalue weighted by Gasteiger charge is 2.16. The monoisotopic (exact) mass is 297 g/mol. The molecular weight excluding hydrogens is 281 g/mol. The number of pyridine rings is 1. The Labute approximate surface area is 127 Å². The van der Waals surface area contributed by atoms with Crippen molar-refractivity contribution in [3.8, 4) is 11.3 Å². The molecule has 1 aliphatic heterocycles. The van der Waals surface area contributed by atoms with E-state index in [9.17, 15) is 4.39 Å². The van der Waals surface area contributed by atoms with Gasteiger partial charge in [-0.2, -0.15) is 0 Å². The van der Waals surface area contributed by atoms with Gasteiger partial charge >= 0.3 is 0 Å². The molecule has 5 heteroatoms. The number of nitrogens with zero attached hydrogens (tertiary/aromatic N) is 2. The van der Waals surface area contributed by atoms with E-state index in [1.54, 1.807) is 12.3 Å². The number of aromatic nitrogens is 2. The molecule has 0 bridgehead atoms. The van der Waals surface area contributed by atoms with Gasteiger partial charge in [-0.05, 0) is 24.3 Å². The minimum atomic E-state index is -0.234. The smallest absolute Gasteiger partial charge is 0.138 e. The average molecular weight is 297 g/mol. The predicted molar refractivity (Wildman–Crippen MR) is 84.5 cm³/mol. The highest BCUT2D eigenvalue weighted by molar-refractivity contribution is 5.94. The van der Waals surface area contributed by atoms with Crippen LogP contribution in [0.25, 0.3) is 22.2 Å². The third-order valence-electron chi connectivity index (χ3n) is 3.97. The predicted octanol–water partition coefficient (Wildman–Crippen LogP) is 3.21. The number of ether oxygens (including phenoxy) is 1. The number of hydrogen-bond acceptors (Lipinski definition) is 3. The lowest BCUT2D eigenvalue weighted by molar-refractivity contribution is 0.122. The van der Waals surface area contributed by atoms with Crippen molar-refractivity contribution in [2.45, 2.75) is 0 Å². The number of anilines is 1. The molecule has 3 heterocycles. The normalized spacial score (nSPS) is 15.4. The van der Waals surface area contributed by atoms with Crippen molar-refractivity contribution < 1.29 is 9.13 Å². The Balaban J connectivity index is 1.80. The molecule has 0 atom stereocenters. The fourth-order valence-electron chi connectivity index (χ4n) is 2.88. The second-order valence-corrected chi connectivity index (χ2v) is 5.39. The molecule has 1 saturated heterocycles. The van der Waals surface area contributed by atoms with Crippen LogP contribution in [0.1, 0.15) is 0 Å². The van der Waals surface area contributed by atoms with Crippen LogP contribution in [0.5, 0.6) is 0 Å². The van der Waals surface area contributed by atoms with Crippen LogP contribution in [0, 0.1) is 5.82 Å². The summed E-state index contributed by atoms with van der Waals surface area (Å²) in [5, 5.41) is 1.06. The zero-order valence-electron chi connectivity index (χ0n) is 12.1. The molecular formula is C17H16FN3O. The molecule has 1 aromatic carbocycles. The summed E-state index contributed by atoms with van der Waals surface area (Å²) < 4.78 is 18.8. The Morgan fingerprint density at radius 3 is 2.82 bits per heavy atom. The molecule has 0 saturated carbocycles. The number of benzene rings is 1. The standard InChI is InChI=1S/C17H16FN3O/c18-13-3-1-2-12(10-13)16-11-14-15(20-16)4-5-19-17(14)21-6-8-22-9-7-21/h1-5,10-11,20H,6-9H2. The largest absolute Gasteiger partial charge is 0.378 e. The Hall–Kier alpha value is -2.40. The summed E-state index contributed by atoms with van der Waals surface area (Å²) in [6.07, 6.45) is 1.80. The van der Waals surface area contributed by atoms with Crippen molar-refractivity contribution >= 4 is 16.7 Å². The number of aromatic amines is 1. The summed E-state index contributed by atoms with van der Waals surface area (Å²) in [6.45, 7) is 3.12. The molecule has 22 heavy (non-hydrogen) atoms. The highest BCUT2D eigenvalue weighted by atomic mass is 19.1. The SMILES string of the molecule is Fc1cccc(-c2cc3c(N4CCOCC4)nccc3[nH]2)c1. The van der Waals surface area contributed by atoms with Gasteiger partial charge in [0.25, 0.3) is 0 Å². The van der Waals surface area contributed by atoms with E-state index in [4.69, 9.17) is 4.74 Å². The van der Waals surface area contributed by atoms with Crippen molar-refractivity contribution in [1.29, 1.82) is 0 Å². The van der Waals surface area contributed by atoms with Gasteiger partial charge in [0.15, 0.2) is 0 Å². The summed E-state index contributed by atoms with van der Waals surface area (Å²) in [5.74, 6) is 0.724. The molecule has 4 rings (SSSR count). The van der Waals surface area contributed by atoms with E-state index in [1.807, 2.05) is 18.2 Å². The minimum Gasteiger partial charge on any atom is -0.378 e. The lowest BCUT2D eigenvalue weighted by Gasteiger charge is -2.28. The quantitative estimate of drug-likeness (QED) is 0.789. The van der Waals surface area contributed by atoms with Crippen LogP contribution in [0.4, 0.5) is 10.2 Å². The molecule has 1 fully saturated rings. The Morgan fingerprint density at radius 1 is 1.14 bits per heavy atom. The number of fused-ring (bicyclic) bond motifs is 1. The zero-order chi connectivity index (χ0) is 14.9. The summed E-state index contributed by atoms with van der Waals surface area (Å²) in [6, 6.07) is 10.6. The van der Waals surface area contributed by atoms with Gasteiger partial charge in [-0.25, -0.2) is 9.37 Å². The highest BCUT2D eigenvalue weighted by Crippen LogP contribution is 2.30. The molecule has 0 amide bonds. The van der Waals surface area contributed by atoms with Gasteiger partial charge in [0.1, 0.15) is 11.6 Å². The number of morpholine rings is 1. The molecule has 112 valence electrons. The maximum Gasteiger partial charge on any atom is 0.138 e. The van der Waals surface area contributed by atoms with E-state index in [-0.39, 0.29) is 5.82 Å². The van der Waals surface area contributed by atoms with E-state index < -0.39 is 0 Å². The first-order valence-electron chi connectivity index (χ1n) is 7.37. The van der Waals surface area contributed by atoms with Crippen LogP contribution in [-0.2, 0) is 4.74 Å². The van der Waals surface area contributed by atoms with Gasteiger partial charge in [-0.1, -0.05) is 12.1 Å². The van der Waals surface area contributed by atoms with Crippen molar-refractivity contribution in [3.05, 3.63) is 48.4 Å². The number of H-pyrrole nitrogens is 1. The third kappa shape index (κ3) is 2.33. The van der Waals surface area contributed by atoms with Gasteiger partial charge in [0, 0.05) is 35.9 Å². The number of rotatable bonds is 2. The molecule has 3 aromatic rings. The van der Waals surface area contributed by atoms with E-state index >= 15 is 0 Å². The molecule has 0 aliphatic carbocycles. The van der Waals surface area contributed by atoms with Crippen LogP contribution < -0.4 is 4.90 Å². The molecule has 2 aromatic heterocycles. The molecule has 1 aliphatic rings. The first kappa shape index (κ1) is 13.3. The minimum absolute atomic E-state index is 0.234. The van der Waals surface area contributed by atoms with Gasteiger partial charge in [-0.3, -0.25) is 0 Å². The topological polar surface area (TPSA) is 41.1 Å². The van der Waals surface area contributed by atoms with Crippen molar-refractivity contribution in [2.75, 3.05) is 31.2 Å². The van der Waals surface area contributed by atoms with Crippen LogP contribution in [-0.4, -0.2) is 36.3 Å². The van der Waals surface area contributed by atoms with Crippen molar-refractivity contribution in [1.82, 2.24) is 9.97 Å². The molecule has 4 nitrogen and oxygen atoms in total. The molecule has 1 N–H and O–H groups in total. The Bertz CT molecular complexity index is 809. The molecule has 0 spiro atoms. The fraction of sp³-hybridized carbons (Fsp3) is 0.235. The van der Waals surface area contributed by atoms with E-state index in [0.29, 0.717) is 0 Å². The Morgan fingerprint density at radius 2 is 2.00 bits per heavy atom. The zero-order valence-corrected chi connectivity index (χ0v) is 12.1. The maximum absolute atomic E-state index is 13.4. The van der Waals surface area contributed by atoms with Gasteiger partial charge in [0.05, 0.1) is 18.7 Å². The van der Waals surface area contributed by atoms with Crippen LogP contribution in [0.15, 0.2) is 42.6 Å². The molecule has 0 radical (unpaired) electrons. The van der Waals surface area contributed by atoms with E-state index in [2.05, 4.69) is 14.9 Å². The second kappa shape index (κ2) is 5.42. The Kier molecular flexibility index (Phi) is 3.27. The fourth-order valence-corrected chi connectivity index (χ4v) is 2.88. The summed E-state index contributed by atoms with van der Waals surface area (Å²) in [4.78, 5) is 10.1. The lowest BCUT2D eigenvalue weighted by Crippen LogP contribution is -2.36. The van der Waals surface area contributed by atoms with Crippen molar-refractivity contribution in [2.24, 2.45) is 0 Å². The van der Waals surface area contributed by atoms with Crippen molar-refractivity contribution in [3.63, 3.8) is 0 Å². The second-order valence-electron chi connectivity index (χ2n) is 5.39. The maximum atomic E-state index is 13.4. The van der Waals surface area contributed by atoms with Crippen LogP contribution in [0.3, 0.4) is 0 Å². The van der Waals surface area contributed by atoms with Crippen LogP contribution in [0.2, 0.25) is 0 Å². The summed E-state index contributed by atoms with van der Waals surface area (Å²) in [5.41, 5.74) is 2.75. The van der Waals surface area contributed by atoms with Crippen LogP contribution >= 0.6 is 0 Å². The van der Waals surface area contributed by atoms with Gasteiger partial charge in [0.2, 0.25) is 0 Å². The first-order valence-corrected chi connectivity index (χ1v) is 7.37. The summed E-state index contributed by atoms with van der Waals surface area (Å²) in [7, 11) is 0. The average Bonchev–Trinajstić information content (AvgIpc) is 3.00. The third-order valence-corrected chi connectivity index (χ3v) is 3.97. The number of halogens is 1. The van der Waals surface area contributed by atoms with E-state index in [1.165, 1.54) is 12.1 Å². The lowest BCUT2D eigenvalue weighted by atomic mass is 10.1. The van der Waals surface area contributed by atoms with E-state index in [0.717, 1.165) is 54.3 Å². The number of hydrogen-bond donors (Lipinski definition) is 1. The molecule has 0 unspecified atom stereocenters. The summed E-state index contributed by atoms with van der Waals surface area (Å²) >= 11 is 0. The first-order chi connectivity index (χ1) is 10.8.